The van der Waals surface area contributed by atoms with Gasteiger partial charge in [-0.15, -0.1) is 0 Å². The molecule has 0 aliphatic heterocycles. The fourth-order valence-electron chi connectivity index (χ4n) is 2.26. The van der Waals surface area contributed by atoms with E-state index in [0.717, 1.165) is 16.9 Å². The van der Waals surface area contributed by atoms with E-state index in [1.165, 1.54) is 0 Å². The maximum Gasteiger partial charge on any atom is 0.338 e. The highest BCUT2D eigenvalue weighted by Crippen LogP contribution is 2.28. The largest absolute Gasteiger partial charge is 0.491 e. The molecule has 0 aromatic heterocycles. The van der Waals surface area contributed by atoms with Gasteiger partial charge in [0.2, 0.25) is 0 Å². The van der Waals surface area contributed by atoms with E-state index >= 15 is 0 Å². The highest BCUT2D eigenvalue weighted by molar-refractivity contribution is 5.90. The Morgan fingerprint density at radius 3 is 2.17 bits per heavy atom. The molecule has 0 fully saturated rings. The normalized spacial score (nSPS) is 11.4. The van der Waals surface area contributed by atoms with Crippen molar-refractivity contribution in [2.45, 2.75) is 46.3 Å². The minimum atomic E-state index is -0.507. The monoisotopic (exact) mass is 327 g/mol. The van der Waals surface area contributed by atoms with E-state index in [1.54, 1.807) is 18.2 Å². The van der Waals surface area contributed by atoms with Crippen LogP contribution in [0.4, 0.5) is 5.69 Å². The first kappa shape index (κ1) is 17.9. The summed E-state index contributed by atoms with van der Waals surface area (Å²) in [5.74, 6) is 0.404. The van der Waals surface area contributed by atoms with Gasteiger partial charge in [0, 0.05) is 11.8 Å². The number of anilines is 1. The Morgan fingerprint density at radius 1 is 1.00 bits per heavy atom. The first-order valence-corrected chi connectivity index (χ1v) is 8.05. The van der Waals surface area contributed by atoms with Crippen LogP contribution >= 0.6 is 0 Å². The van der Waals surface area contributed by atoms with Gasteiger partial charge in [-0.3, -0.25) is 0 Å². The van der Waals surface area contributed by atoms with E-state index < -0.39 is 5.60 Å². The SMILES string of the molecule is CC(C)Oc1cc(N)cc(-c2ccc(C(=O)OC(C)(C)C)cc2)c1. The number of carbonyl (C=O) groups excluding carboxylic acids is 1. The molecule has 128 valence electrons. The summed E-state index contributed by atoms with van der Waals surface area (Å²) in [6, 6.07) is 12.9. The second-order valence-corrected chi connectivity index (χ2v) is 7.04. The number of rotatable bonds is 4. The molecule has 0 bridgehead atoms. The molecule has 24 heavy (non-hydrogen) atoms. The number of nitrogens with two attached hydrogens (primary N) is 1. The van der Waals surface area contributed by atoms with Crippen LogP contribution < -0.4 is 10.5 Å². The van der Waals surface area contributed by atoms with Crippen molar-refractivity contribution in [3.05, 3.63) is 48.0 Å². The van der Waals surface area contributed by atoms with Crippen LogP contribution in [-0.2, 0) is 4.74 Å². The first-order valence-electron chi connectivity index (χ1n) is 8.05. The zero-order chi connectivity index (χ0) is 17.9. The predicted octanol–water partition coefficient (Wildman–Crippen LogP) is 4.68. The van der Waals surface area contributed by atoms with Gasteiger partial charge < -0.3 is 15.2 Å². The second-order valence-electron chi connectivity index (χ2n) is 7.04. The summed E-state index contributed by atoms with van der Waals surface area (Å²) in [6.07, 6.45) is 0.0780. The third kappa shape index (κ3) is 5.01. The van der Waals surface area contributed by atoms with Gasteiger partial charge in [0.15, 0.2) is 0 Å². The first-order chi connectivity index (χ1) is 11.1. The molecule has 0 saturated carbocycles. The van der Waals surface area contributed by atoms with Crippen LogP contribution in [0, 0.1) is 0 Å². The van der Waals surface area contributed by atoms with Gasteiger partial charge in [-0.2, -0.15) is 0 Å². The van der Waals surface area contributed by atoms with Crippen molar-refractivity contribution in [3.8, 4) is 16.9 Å². The van der Waals surface area contributed by atoms with Crippen LogP contribution in [0.3, 0.4) is 0 Å². The molecule has 2 aromatic carbocycles. The molecule has 0 spiro atoms. The summed E-state index contributed by atoms with van der Waals surface area (Å²) in [6.45, 7) is 9.49. The molecule has 0 saturated heterocycles. The van der Waals surface area contributed by atoms with Crippen LogP contribution in [-0.4, -0.2) is 17.7 Å². The van der Waals surface area contributed by atoms with Crippen molar-refractivity contribution >= 4 is 11.7 Å². The van der Waals surface area contributed by atoms with Crippen molar-refractivity contribution in [1.29, 1.82) is 0 Å². The van der Waals surface area contributed by atoms with Gasteiger partial charge in [0.25, 0.3) is 0 Å². The summed E-state index contributed by atoms with van der Waals surface area (Å²) in [4.78, 5) is 12.1. The van der Waals surface area contributed by atoms with Crippen LogP contribution in [0.5, 0.6) is 5.75 Å². The minimum absolute atomic E-state index is 0.0780. The molecule has 4 nitrogen and oxygen atoms in total. The molecular weight excluding hydrogens is 302 g/mol. The van der Waals surface area contributed by atoms with E-state index in [9.17, 15) is 4.79 Å². The fourth-order valence-corrected chi connectivity index (χ4v) is 2.26. The zero-order valence-corrected chi connectivity index (χ0v) is 14.9. The second kappa shape index (κ2) is 6.95. The smallest absolute Gasteiger partial charge is 0.338 e. The highest BCUT2D eigenvalue weighted by Gasteiger charge is 2.17. The topological polar surface area (TPSA) is 61.5 Å². The Balaban J connectivity index is 2.25. The molecule has 0 aliphatic rings. The molecule has 0 heterocycles. The van der Waals surface area contributed by atoms with Crippen molar-refractivity contribution in [3.63, 3.8) is 0 Å². The highest BCUT2D eigenvalue weighted by atomic mass is 16.6. The lowest BCUT2D eigenvalue weighted by atomic mass is 10.0. The Labute approximate surface area is 143 Å². The average Bonchev–Trinajstić information content (AvgIpc) is 2.44. The molecule has 0 atom stereocenters. The number of ether oxygens (including phenoxy) is 2. The third-order valence-electron chi connectivity index (χ3n) is 3.15. The van der Waals surface area contributed by atoms with Gasteiger partial charge in [-0.25, -0.2) is 4.79 Å². The van der Waals surface area contributed by atoms with Crippen LogP contribution in [0.2, 0.25) is 0 Å². The van der Waals surface area contributed by atoms with Crippen molar-refractivity contribution in [1.82, 2.24) is 0 Å². The van der Waals surface area contributed by atoms with Crippen molar-refractivity contribution in [2.75, 3.05) is 5.73 Å². The van der Waals surface area contributed by atoms with E-state index in [1.807, 2.05) is 58.9 Å². The number of hydrogen-bond acceptors (Lipinski definition) is 4. The molecule has 0 unspecified atom stereocenters. The number of carbonyl (C=O) groups is 1. The predicted molar refractivity (Wildman–Crippen MR) is 97.2 cm³/mol. The Morgan fingerprint density at radius 2 is 1.62 bits per heavy atom. The lowest BCUT2D eigenvalue weighted by molar-refractivity contribution is 0.00695. The molecule has 2 rings (SSSR count). The van der Waals surface area contributed by atoms with E-state index in [0.29, 0.717) is 11.3 Å². The molecule has 0 amide bonds. The summed E-state index contributed by atoms with van der Waals surface area (Å²) in [5, 5.41) is 0. The average molecular weight is 327 g/mol. The van der Waals surface area contributed by atoms with Gasteiger partial charge in [0.1, 0.15) is 11.4 Å². The maximum atomic E-state index is 12.1. The van der Waals surface area contributed by atoms with E-state index in [4.69, 9.17) is 15.2 Å². The molecular formula is C20H25NO3. The van der Waals surface area contributed by atoms with Gasteiger partial charge in [-0.1, -0.05) is 12.1 Å². The van der Waals surface area contributed by atoms with E-state index in [2.05, 4.69) is 0 Å². The third-order valence-corrected chi connectivity index (χ3v) is 3.15. The van der Waals surface area contributed by atoms with Gasteiger partial charge in [-0.05, 0) is 70.0 Å². The van der Waals surface area contributed by atoms with Crippen LogP contribution in [0.1, 0.15) is 45.0 Å². The molecule has 0 radical (unpaired) electrons. The number of benzene rings is 2. The minimum Gasteiger partial charge on any atom is -0.491 e. The summed E-state index contributed by atoms with van der Waals surface area (Å²) in [5.41, 5.74) is 8.53. The summed E-state index contributed by atoms with van der Waals surface area (Å²) >= 11 is 0. The number of esters is 1. The number of hydrogen-bond donors (Lipinski definition) is 1. The van der Waals surface area contributed by atoms with Crippen molar-refractivity contribution in [2.24, 2.45) is 0 Å². The summed E-state index contributed by atoms with van der Waals surface area (Å²) in [7, 11) is 0. The Bertz CT molecular complexity index is 713. The van der Waals surface area contributed by atoms with Gasteiger partial charge in [0.05, 0.1) is 11.7 Å². The maximum absolute atomic E-state index is 12.1. The quantitative estimate of drug-likeness (QED) is 0.654. The zero-order valence-electron chi connectivity index (χ0n) is 14.9. The standard InChI is InChI=1S/C20H25NO3/c1-13(2)23-18-11-16(10-17(21)12-18)14-6-8-15(9-7-14)19(22)24-20(3,4)5/h6-13H,21H2,1-5H3. The van der Waals surface area contributed by atoms with Crippen molar-refractivity contribution < 1.29 is 14.3 Å². The molecule has 2 aromatic rings. The fraction of sp³-hybridized carbons (Fsp3) is 0.350. The van der Waals surface area contributed by atoms with Gasteiger partial charge >= 0.3 is 5.97 Å². The lowest BCUT2D eigenvalue weighted by Crippen LogP contribution is -2.23. The van der Waals surface area contributed by atoms with Crippen LogP contribution in [0.25, 0.3) is 11.1 Å². The molecule has 2 N–H and O–H groups in total. The summed E-state index contributed by atoms with van der Waals surface area (Å²) < 4.78 is 11.1. The van der Waals surface area contributed by atoms with E-state index in [-0.39, 0.29) is 12.1 Å². The number of nitrogen functional groups attached to an aromatic ring is 1. The van der Waals surface area contributed by atoms with Crippen LogP contribution in [0.15, 0.2) is 42.5 Å². The Hall–Kier alpha value is -2.49. The Kier molecular flexibility index (Phi) is 5.17. The molecule has 0 aliphatic carbocycles. The lowest BCUT2D eigenvalue weighted by Gasteiger charge is -2.19. The molecule has 4 heteroatoms.